The van der Waals surface area contributed by atoms with Crippen molar-refractivity contribution in [2.24, 2.45) is 0 Å². The Balaban J connectivity index is 1.87. The predicted molar refractivity (Wildman–Crippen MR) is 87.5 cm³/mol. The van der Waals surface area contributed by atoms with Gasteiger partial charge in [0.1, 0.15) is 23.5 Å². The maximum Gasteiger partial charge on any atom is 0.341 e. The number of rotatable bonds is 6. The van der Waals surface area contributed by atoms with Crippen molar-refractivity contribution >= 4 is 28.0 Å². The molecule has 0 unspecified atom stereocenters. The summed E-state index contributed by atoms with van der Waals surface area (Å²) in [6, 6.07) is 6.79. The average molecular weight is 381 g/mol. The normalized spacial score (nSPS) is 15.3. The first kappa shape index (κ1) is 18.0. The molecule has 0 aliphatic heterocycles. The Bertz CT molecular complexity index is 975. The van der Waals surface area contributed by atoms with Gasteiger partial charge in [-0.05, 0) is 42.7 Å². The fraction of sp³-hybridized carbons (Fsp3) is 0.176. The third kappa shape index (κ3) is 3.17. The molecule has 2 aromatic rings. The van der Waals surface area contributed by atoms with Gasteiger partial charge in [0.25, 0.3) is 10.0 Å². The molecule has 0 spiro atoms. The monoisotopic (exact) mass is 381 g/mol. The highest BCUT2D eigenvalue weighted by molar-refractivity contribution is 7.92. The minimum absolute atomic E-state index is 0.161. The van der Waals surface area contributed by atoms with Crippen LogP contribution >= 0.6 is 0 Å². The van der Waals surface area contributed by atoms with Crippen LogP contribution in [0.15, 0.2) is 41.3 Å². The molecule has 0 aromatic heterocycles. The van der Waals surface area contributed by atoms with E-state index >= 15 is 0 Å². The molecule has 0 saturated heterocycles. The van der Waals surface area contributed by atoms with E-state index in [4.69, 9.17) is 5.11 Å². The Morgan fingerprint density at radius 3 is 2.08 bits per heavy atom. The predicted octanol–water partition coefficient (Wildman–Crippen LogP) is 2.69. The number of nitrogens with one attached hydrogen (secondary N) is 1. The number of aldehydes is 1. The minimum Gasteiger partial charge on any atom is -0.477 e. The number of carboxylic acids is 1. The molecule has 1 fully saturated rings. The number of sulfonamides is 1. The zero-order chi connectivity index (χ0) is 19.1. The van der Waals surface area contributed by atoms with Crippen LogP contribution in [-0.2, 0) is 20.2 Å². The molecule has 3 rings (SSSR count). The molecule has 0 amide bonds. The quantitative estimate of drug-likeness (QED) is 0.750. The number of anilines is 1. The molecular formula is C17H13F2NO5S. The maximum absolute atomic E-state index is 13.7. The van der Waals surface area contributed by atoms with Crippen LogP contribution in [0.4, 0.5) is 14.5 Å². The molecule has 0 heterocycles. The van der Waals surface area contributed by atoms with Crippen molar-refractivity contribution in [3.8, 4) is 0 Å². The molecular weight excluding hydrogens is 368 g/mol. The van der Waals surface area contributed by atoms with Crippen LogP contribution in [0.25, 0.3) is 0 Å². The summed E-state index contributed by atoms with van der Waals surface area (Å²) < 4.78 is 54.1. The molecule has 1 aliphatic carbocycles. The lowest BCUT2D eigenvalue weighted by atomic mass is 9.98. The number of hydrogen-bond acceptors (Lipinski definition) is 4. The van der Waals surface area contributed by atoms with Crippen molar-refractivity contribution < 1.29 is 31.9 Å². The van der Waals surface area contributed by atoms with Crippen LogP contribution in [0.3, 0.4) is 0 Å². The summed E-state index contributed by atoms with van der Waals surface area (Å²) in [5, 5.41) is 8.72. The van der Waals surface area contributed by atoms with E-state index in [0.29, 0.717) is 30.5 Å². The second-order valence-corrected chi connectivity index (χ2v) is 7.71. The van der Waals surface area contributed by atoms with Gasteiger partial charge in [0, 0.05) is 0 Å². The topological polar surface area (TPSA) is 101 Å². The van der Waals surface area contributed by atoms with Gasteiger partial charge in [-0.25, -0.2) is 22.0 Å². The third-order valence-corrected chi connectivity index (χ3v) is 5.66. The number of aromatic carboxylic acids is 1. The summed E-state index contributed by atoms with van der Waals surface area (Å²) in [6.07, 6.45) is 2.25. The summed E-state index contributed by atoms with van der Waals surface area (Å²) in [7, 11) is -4.15. The van der Waals surface area contributed by atoms with Crippen LogP contribution in [-0.4, -0.2) is 25.8 Å². The van der Waals surface area contributed by atoms with Gasteiger partial charge < -0.3 is 9.90 Å². The maximum atomic E-state index is 13.7. The average Bonchev–Trinajstić information content (AvgIpc) is 3.34. The molecule has 0 atom stereocenters. The van der Waals surface area contributed by atoms with E-state index in [1.165, 1.54) is 24.3 Å². The summed E-state index contributed by atoms with van der Waals surface area (Å²) in [5.74, 6) is -4.59. The van der Waals surface area contributed by atoms with Crippen LogP contribution in [0.1, 0.15) is 28.8 Å². The van der Waals surface area contributed by atoms with E-state index in [-0.39, 0.29) is 4.90 Å². The van der Waals surface area contributed by atoms with Crippen molar-refractivity contribution in [3.05, 3.63) is 59.2 Å². The van der Waals surface area contributed by atoms with Gasteiger partial charge in [-0.1, -0.05) is 12.1 Å². The first-order valence-corrected chi connectivity index (χ1v) is 8.99. The molecule has 2 N–H and O–H groups in total. The molecule has 6 nitrogen and oxygen atoms in total. The van der Waals surface area contributed by atoms with Crippen molar-refractivity contribution in [1.29, 1.82) is 0 Å². The first-order valence-electron chi connectivity index (χ1n) is 7.50. The largest absolute Gasteiger partial charge is 0.477 e. The van der Waals surface area contributed by atoms with Gasteiger partial charge in [-0.2, -0.15) is 0 Å². The van der Waals surface area contributed by atoms with Crippen molar-refractivity contribution in [1.82, 2.24) is 0 Å². The molecule has 2 aromatic carbocycles. The molecule has 0 bridgehead atoms. The Morgan fingerprint density at radius 2 is 1.65 bits per heavy atom. The van der Waals surface area contributed by atoms with Gasteiger partial charge in [0.2, 0.25) is 0 Å². The minimum atomic E-state index is -4.15. The summed E-state index contributed by atoms with van der Waals surface area (Å²) in [6.45, 7) is 0. The SMILES string of the molecule is O=CC1(c2ccc(S(=O)(=O)Nc3cc(F)c(C(=O)O)c(F)c3)cc2)CC1. The fourth-order valence-corrected chi connectivity index (χ4v) is 3.67. The van der Waals surface area contributed by atoms with E-state index in [2.05, 4.69) is 0 Å². The van der Waals surface area contributed by atoms with Crippen molar-refractivity contribution in [3.63, 3.8) is 0 Å². The molecule has 1 saturated carbocycles. The number of benzene rings is 2. The number of halogens is 2. The molecule has 9 heteroatoms. The van der Waals surface area contributed by atoms with E-state index in [1.54, 1.807) is 0 Å². The lowest BCUT2D eigenvalue weighted by Crippen LogP contribution is -2.15. The zero-order valence-electron chi connectivity index (χ0n) is 13.2. The number of carbonyl (C=O) groups excluding carboxylic acids is 1. The second kappa shape index (κ2) is 6.17. The van der Waals surface area contributed by atoms with Gasteiger partial charge in [-0.3, -0.25) is 4.72 Å². The third-order valence-electron chi connectivity index (χ3n) is 4.26. The standard InChI is InChI=1S/C17H13F2NO5S/c18-13-7-11(8-14(19)15(13)16(22)23)20-26(24,25)12-3-1-10(2-4-12)17(9-21)5-6-17/h1-4,7-9,20H,5-6H2,(H,22,23). The van der Waals surface area contributed by atoms with Crippen LogP contribution < -0.4 is 4.72 Å². The van der Waals surface area contributed by atoms with E-state index in [9.17, 15) is 26.8 Å². The molecule has 0 radical (unpaired) electrons. The second-order valence-electron chi connectivity index (χ2n) is 6.02. The first-order chi connectivity index (χ1) is 12.2. The van der Waals surface area contributed by atoms with Crippen LogP contribution in [0, 0.1) is 11.6 Å². The Hall–Kier alpha value is -2.81. The Kier molecular flexibility index (Phi) is 4.27. The van der Waals surface area contributed by atoms with Crippen LogP contribution in [0.5, 0.6) is 0 Å². The van der Waals surface area contributed by atoms with Crippen molar-refractivity contribution in [2.45, 2.75) is 23.2 Å². The highest BCUT2D eigenvalue weighted by Gasteiger charge is 2.44. The lowest BCUT2D eigenvalue weighted by Gasteiger charge is -2.11. The number of carbonyl (C=O) groups is 2. The smallest absolute Gasteiger partial charge is 0.341 e. The van der Waals surface area contributed by atoms with Gasteiger partial charge in [0.15, 0.2) is 0 Å². The summed E-state index contributed by atoms with van der Waals surface area (Å²) in [5.41, 5.74) is -1.45. The van der Waals surface area contributed by atoms with E-state index in [0.717, 1.165) is 6.29 Å². The molecule has 1 aliphatic rings. The van der Waals surface area contributed by atoms with E-state index < -0.39 is 44.3 Å². The van der Waals surface area contributed by atoms with Gasteiger partial charge in [0.05, 0.1) is 16.0 Å². The van der Waals surface area contributed by atoms with Gasteiger partial charge >= 0.3 is 5.97 Å². The molecule has 136 valence electrons. The summed E-state index contributed by atoms with van der Waals surface area (Å²) in [4.78, 5) is 21.7. The Labute approximate surface area is 147 Å². The molecule has 26 heavy (non-hydrogen) atoms. The number of carboxylic acid groups (broad SMARTS) is 1. The van der Waals surface area contributed by atoms with Crippen molar-refractivity contribution in [2.75, 3.05) is 4.72 Å². The zero-order valence-corrected chi connectivity index (χ0v) is 14.0. The van der Waals surface area contributed by atoms with E-state index in [1.807, 2.05) is 4.72 Å². The van der Waals surface area contributed by atoms with Crippen LogP contribution in [0.2, 0.25) is 0 Å². The number of hydrogen-bond donors (Lipinski definition) is 2. The summed E-state index contributed by atoms with van der Waals surface area (Å²) >= 11 is 0. The van der Waals surface area contributed by atoms with Gasteiger partial charge in [-0.15, -0.1) is 0 Å². The Morgan fingerprint density at radius 1 is 1.12 bits per heavy atom. The highest BCUT2D eigenvalue weighted by atomic mass is 32.2. The highest BCUT2D eigenvalue weighted by Crippen LogP contribution is 2.46. The lowest BCUT2D eigenvalue weighted by molar-refractivity contribution is -0.109. The fourth-order valence-electron chi connectivity index (χ4n) is 2.63.